The van der Waals surface area contributed by atoms with E-state index in [2.05, 4.69) is 17.0 Å². The number of nitrogens with zero attached hydrogens (tertiary/aromatic N) is 2. The van der Waals surface area contributed by atoms with Crippen LogP contribution >= 0.6 is 0 Å². The van der Waals surface area contributed by atoms with Crippen LogP contribution in [0.3, 0.4) is 0 Å². The van der Waals surface area contributed by atoms with E-state index in [0.29, 0.717) is 6.04 Å². The second-order valence-electron chi connectivity index (χ2n) is 4.79. The highest BCUT2D eigenvalue weighted by Gasteiger charge is 2.26. The fraction of sp³-hybridized carbons (Fsp3) is 0.750. The van der Waals surface area contributed by atoms with Gasteiger partial charge in [-0.15, -0.1) is 0 Å². The molecular weight excluding hydrogens is 186 g/mol. The molecule has 0 saturated carbocycles. The molecule has 0 spiro atoms. The van der Waals surface area contributed by atoms with Gasteiger partial charge in [0.05, 0.1) is 11.7 Å². The summed E-state index contributed by atoms with van der Waals surface area (Å²) in [5.74, 6) is 0. The van der Waals surface area contributed by atoms with Gasteiger partial charge in [0.25, 0.3) is 0 Å². The summed E-state index contributed by atoms with van der Waals surface area (Å²) in [7, 11) is 2.09. The number of aromatic nitrogens is 2. The molecule has 1 fully saturated rings. The smallest absolute Gasteiger partial charge is 0.0828 e. The minimum absolute atomic E-state index is 0.534. The summed E-state index contributed by atoms with van der Waals surface area (Å²) in [6, 6.07) is 0.534. The van der Waals surface area contributed by atoms with E-state index in [1.54, 1.807) is 5.56 Å². The third-order valence-electron chi connectivity index (χ3n) is 3.79. The molecule has 1 atom stereocenters. The third kappa shape index (κ3) is 1.49. The van der Waals surface area contributed by atoms with E-state index < -0.39 is 0 Å². The SMILES string of the molecule is Cn1nc([C@@H]2CCCCN2)c2c1CCC2. The molecule has 2 heterocycles. The molecule has 0 unspecified atom stereocenters. The zero-order valence-corrected chi connectivity index (χ0v) is 9.42. The van der Waals surface area contributed by atoms with Crippen LogP contribution < -0.4 is 5.32 Å². The average molecular weight is 205 g/mol. The Bertz CT molecular complexity index is 361. The molecule has 0 bridgehead atoms. The Kier molecular flexibility index (Phi) is 2.28. The van der Waals surface area contributed by atoms with Crippen molar-refractivity contribution in [3.8, 4) is 0 Å². The van der Waals surface area contributed by atoms with E-state index in [1.807, 2.05) is 0 Å². The van der Waals surface area contributed by atoms with Crippen LogP contribution in [0.1, 0.15) is 48.7 Å². The van der Waals surface area contributed by atoms with Gasteiger partial charge in [0.15, 0.2) is 0 Å². The van der Waals surface area contributed by atoms with Crippen molar-refractivity contribution < 1.29 is 0 Å². The molecule has 1 aliphatic carbocycles. The lowest BCUT2D eigenvalue weighted by Gasteiger charge is -2.22. The van der Waals surface area contributed by atoms with Crippen molar-refractivity contribution in [2.75, 3.05) is 6.54 Å². The van der Waals surface area contributed by atoms with E-state index in [1.165, 1.54) is 49.9 Å². The maximum absolute atomic E-state index is 4.71. The molecule has 1 aliphatic heterocycles. The highest BCUT2D eigenvalue weighted by molar-refractivity contribution is 5.32. The molecule has 1 aromatic rings. The molecule has 3 nitrogen and oxygen atoms in total. The highest BCUT2D eigenvalue weighted by Crippen LogP contribution is 2.31. The Morgan fingerprint density at radius 1 is 1.27 bits per heavy atom. The first-order chi connectivity index (χ1) is 7.36. The van der Waals surface area contributed by atoms with Crippen LogP contribution in [0.25, 0.3) is 0 Å². The standard InChI is InChI=1S/C12H19N3/c1-15-11-7-4-5-9(11)12(14-15)10-6-2-3-8-13-10/h10,13H,2-8H2,1H3/t10-/m0/s1. The van der Waals surface area contributed by atoms with Crippen molar-refractivity contribution in [3.05, 3.63) is 17.0 Å². The lowest BCUT2D eigenvalue weighted by atomic mass is 9.99. The van der Waals surface area contributed by atoms with Gasteiger partial charge in [-0.25, -0.2) is 0 Å². The second kappa shape index (κ2) is 3.63. The van der Waals surface area contributed by atoms with Crippen molar-refractivity contribution in [1.82, 2.24) is 15.1 Å². The van der Waals surface area contributed by atoms with Crippen LogP contribution in [0, 0.1) is 0 Å². The van der Waals surface area contributed by atoms with Crippen molar-refractivity contribution >= 4 is 0 Å². The second-order valence-corrected chi connectivity index (χ2v) is 4.79. The molecule has 0 aromatic carbocycles. The van der Waals surface area contributed by atoms with Gasteiger partial charge in [0.1, 0.15) is 0 Å². The topological polar surface area (TPSA) is 29.9 Å². The number of hydrogen-bond donors (Lipinski definition) is 1. The molecule has 15 heavy (non-hydrogen) atoms. The van der Waals surface area contributed by atoms with Crippen molar-refractivity contribution in [1.29, 1.82) is 0 Å². The van der Waals surface area contributed by atoms with Crippen LogP contribution in [0.4, 0.5) is 0 Å². The zero-order valence-electron chi connectivity index (χ0n) is 9.42. The third-order valence-corrected chi connectivity index (χ3v) is 3.79. The minimum atomic E-state index is 0.534. The molecule has 3 rings (SSSR count). The van der Waals surface area contributed by atoms with Gasteiger partial charge in [0.2, 0.25) is 0 Å². The van der Waals surface area contributed by atoms with Gasteiger partial charge >= 0.3 is 0 Å². The van der Waals surface area contributed by atoms with E-state index in [0.717, 1.165) is 6.54 Å². The van der Waals surface area contributed by atoms with Gasteiger partial charge in [-0.05, 0) is 44.2 Å². The number of fused-ring (bicyclic) bond motifs is 1. The van der Waals surface area contributed by atoms with Gasteiger partial charge in [-0.2, -0.15) is 5.10 Å². The first kappa shape index (κ1) is 9.40. The Morgan fingerprint density at radius 2 is 2.20 bits per heavy atom. The predicted molar refractivity (Wildman–Crippen MR) is 59.8 cm³/mol. The fourth-order valence-electron chi connectivity index (χ4n) is 3.01. The fourth-order valence-corrected chi connectivity index (χ4v) is 3.01. The number of rotatable bonds is 1. The molecule has 2 aliphatic rings. The Labute approximate surface area is 90.9 Å². The molecule has 1 aromatic heterocycles. The van der Waals surface area contributed by atoms with Crippen LogP contribution in [-0.4, -0.2) is 16.3 Å². The Morgan fingerprint density at radius 3 is 3.00 bits per heavy atom. The molecule has 1 saturated heterocycles. The lowest BCUT2D eigenvalue weighted by Crippen LogP contribution is -2.27. The Hall–Kier alpha value is -0.830. The number of aryl methyl sites for hydroxylation is 1. The van der Waals surface area contributed by atoms with Crippen LogP contribution in [0.5, 0.6) is 0 Å². The van der Waals surface area contributed by atoms with E-state index in [9.17, 15) is 0 Å². The molecule has 0 amide bonds. The number of piperidine rings is 1. The number of nitrogens with one attached hydrogen (secondary N) is 1. The monoisotopic (exact) mass is 205 g/mol. The molecule has 82 valence electrons. The summed E-state index contributed by atoms with van der Waals surface area (Å²) in [5.41, 5.74) is 4.39. The highest BCUT2D eigenvalue weighted by atomic mass is 15.3. The molecule has 0 radical (unpaired) electrons. The van der Waals surface area contributed by atoms with Crippen molar-refractivity contribution in [2.24, 2.45) is 7.05 Å². The van der Waals surface area contributed by atoms with Crippen molar-refractivity contribution in [2.45, 2.75) is 44.6 Å². The van der Waals surface area contributed by atoms with Crippen LogP contribution in [0.2, 0.25) is 0 Å². The largest absolute Gasteiger partial charge is 0.309 e. The lowest BCUT2D eigenvalue weighted by molar-refractivity contribution is 0.400. The van der Waals surface area contributed by atoms with E-state index in [4.69, 9.17) is 5.10 Å². The van der Waals surface area contributed by atoms with E-state index >= 15 is 0 Å². The summed E-state index contributed by atoms with van der Waals surface area (Å²) in [6.07, 6.45) is 7.74. The van der Waals surface area contributed by atoms with Gasteiger partial charge < -0.3 is 5.32 Å². The van der Waals surface area contributed by atoms with Gasteiger partial charge in [0, 0.05) is 12.7 Å². The maximum atomic E-state index is 4.71. The van der Waals surface area contributed by atoms with E-state index in [-0.39, 0.29) is 0 Å². The van der Waals surface area contributed by atoms with Gasteiger partial charge in [-0.1, -0.05) is 6.42 Å². The van der Waals surface area contributed by atoms with Crippen molar-refractivity contribution in [3.63, 3.8) is 0 Å². The molecular formula is C12H19N3. The predicted octanol–water partition coefficient (Wildman–Crippen LogP) is 1.72. The minimum Gasteiger partial charge on any atom is -0.309 e. The maximum Gasteiger partial charge on any atom is 0.0828 e. The first-order valence-corrected chi connectivity index (χ1v) is 6.14. The average Bonchev–Trinajstić information content (AvgIpc) is 2.84. The van der Waals surface area contributed by atoms with Crippen LogP contribution in [0.15, 0.2) is 0 Å². The summed E-state index contributed by atoms with van der Waals surface area (Å²) >= 11 is 0. The summed E-state index contributed by atoms with van der Waals surface area (Å²) < 4.78 is 2.11. The zero-order chi connectivity index (χ0) is 10.3. The molecule has 1 N–H and O–H groups in total. The van der Waals surface area contributed by atoms with Crippen LogP contribution in [-0.2, 0) is 19.9 Å². The molecule has 3 heteroatoms. The Balaban J connectivity index is 1.93. The normalized spacial score (nSPS) is 25.5. The summed E-state index contributed by atoms with van der Waals surface area (Å²) in [6.45, 7) is 1.16. The summed E-state index contributed by atoms with van der Waals surface area (Å²) in [5, 5.41) is 8.31. The first-order valence-electron chi connectivity index (χ1n) is 6.14. The quantitative estimate of drug-likeness (QED) is 0.756. The van der Waals surface area contributed by atoms with Gasteiger partial charge in [-0.3, -0.25) is 4.68 Å². The number of hydrogen-bond acceptors (Lipinski definition) is 2. The summed E-state index contributed by atoms with van der Waals surface area (Å²) in [4.78, 5) is 0.